The Morgan fingerprint density at radius 1 is 1.15 bits per heavy atom. The molecule has 1 aromatic rings. The molecule has 1 aliphatic carbocycles. The average Bonchev–Trinajstić information content (AvgIpc) is 2.77. The van der Waals surface area contributed by atoms with Crippen molar-refractivity contribution >= 4 is 10.1 Å². The van der Waals surface area contributed by atoms with Crippen LogP contribution in [0.1, 0.15) is 53.0 Å². The van der Waals surface area contributed by atoms with E-state index in [4.69, 9.17) is 4.55 Å². The fourth-order valence-corrected chi connectivity index (χ4v) is 3.94. The van der Waals surface area contributed by atoms with Crippen LogP contribution in [0, 0.1) is 10.8 Å². The number of rotatable bonds is 3. The van der Waals surface area contributed by atoms with Crippen LogP contribution in [0.25, 0.3) is 0 Å². The van der Waals surface area contributed by atoms with Gasteiger partial charge in [-0.1, -0.05) is 46.8 Å². The van der Waals surface area contributed by atoms with Gasteiger partial charge in [0, 0.05) is 5.41 Å². The first kappa shape index (κ1) is 15.5. The van der Waals surface area contributed by atoms with Crippen molar-refractivity contribution in [3.63, 3.8) is 0 Å². The van der Waals surface area contributed by atoms with Crippen LogP contribution in [-0.4, -0.2) is 13.0 Å². The summed E-state index contributed by atoms with van der Waals surface area (Å²) in [6.07, 6.45) is 2.18. The van der Waals surface area contributed by atoms with E-state index in [1.807, 2.05) is 12.1 Å². The van der Waals surface area contributed by atoms with E-state index in [-0.39, 0.29) is 21.1 Å². The maximum Gasteiger partial charge on any atom is 0.294 e. The summed E-state index contributed by atoms with van der Waals surface area (Å²) in [6, 6.07) is 6.71. The molecule has 1 atom stereocenters. The molecule has 4 heteroatoms. The first-order valence-corrected chi connectivity index (χ1v) is 8.40. The summed E-state index contributed by atoms with van der Waals surface area (Å²) in [5.74, 6) is 0. The van der Waals surface area contributed by atoms with E-state index < -0.39 is 10.1 Å². The Morgan fingerprint density at radius 2 is 1.60 bits per heavy atom. The van der Waals surface area contributed by atoms with Gasteiger partial charge in [-0.2, -0.15) is 8.42 Å². The van der Waals surface area contributed by atoms with Crippen LogP contribution in [-0.2, 0) is 15.5 Å². The summed E-state index contributed by atoms with van der Waals surface area (Å²) in [5, 5.41) is 0. The van der Waals surface area contributed by atoms with Gasteiger partial charge in [-0.15, -0.1) is 0 Å². The molecule has 0 saturated heterocycles. The third-order valence-electron chi connectivity index (χ3n) is 4.45. The van der Waals surface area contributed by atoms with E-state index in [2.05, 4.69) is 34.6 Å². The smallest absolute Gasteiger partial charge is 0.282 e. The summed E-state index contributed by atoms with van der Waals surface area (Å²) >= 11 is 0. The monoisotopic (exact) mass is 296 g/mol. The molecule has 3 nitrogen and oxygen atoms in total. The molecule has 112 valence electrons. The van der Waals surface area contributed by atoms with Crippen LogP contribution in [0.3, 0.4) is 0 Å². The molecular weight excluding hydrogens is 272 g/mol. The lowest BCUT2D eigenvalue weighted by atomic mass is 9.75. The molecule has 1 fully saturated rings. The first-order chi connectivity index (χ1) is 8.87. The van der Waals surface area contributed by atoms with Crippen molar-refractivity contribution in [3.05, 3.63) is 29.8 Å². The van der Waals surface area contributed by atoms with Crippen molar-refractivity contribution < 1.29 is 13.0 Å². The Morgan fingerprint density at radius 3 is 1.90 bits per heavy atom. The zero-order chi connectivity index (χ0) is 15.4. The molecule has 0 aliphatic heterocycles. The fourth-order valence-electron chi connectivity index (χ4n) is 3.46. The average molecular weight is 296 g/mol. The first-order valence-electron chi connectivity index (χ1n) is 6.96. The molecule has 20 heavy (non-hydrogen) atoms. The molecule has 0 radical (unpaired) electrons. The van der Waals surface area contributed by atoms with Crippen molar-refractivity contribution in [1.29, 1.82) is 0 Å². The quantitative estimate of drug-likeness (QED) is 0.857. The van der Waals surface area contributed by atoms with Gasteiger partial charge in [0.25, 0.3) is 10.1 Å². The minimum absolute atomic E-state index is 0.0365. The zero-order valence-corrected chi connectivity index (χ0v) is 13.7. The maximum atomic E-state index is 11.1. The van der Waals surface area contributed by atoms with Gasteiger partial charge >= 0.3 is 0 Å². The summed E-state index contributed by atoms with van der Waals surface area (Å²) in [7, 11) is -4.11. The highest BCUT2D eigenvalue weighted by atomic mass is 32.2. The van der Waals surface area contributed by atoms with Gasteiger partial charge < -0.3 is 0 Å². The Hall–Kier alpha value is -0.870. The standard InChI is InChI=1S/C16H24O3S/c1-14(2,3)10-16(11-15(16,4)5)12-6-8-13(9-7-12)20(17,18)19/h6-9H,10-11H2,1-5H3,(H,17,18,19). The second-order valence-corrected chi connectivity index (χ2v) is 9.30. The van der Waals surface area contributed by atoms with Gasteiger partial charge in [-0.3, -0.25) is 4.55 Å². The lowest BCUT2D eigenvalue weighted by molar-refractivity contribution is 0.296. The molecule has 0 heterocycles. The summed E-state index contributed by atoms with van der Waals surface area (Å²) in [5.41, 5.74) is 1.74. The zero-order valence-electron chi connectivity index (χ0n) is 12.9. The number of benzene rings is 1. The predicted octanol–water partition coefficient (Wildman–Crippen LogP) is 4.04. The van der Waals surface area contributed by atoms with E-state index in [1.165, 1.54) is 17.7 Å². The van der Waals surface area contributed by atoms with Gasteiger partial charge in [0.05, 0.1) is 4.90 Å². The minimum Gasteiger partial charge on any atom is -0.282 e. The Bertz CT molecular complexity index is 606. The normalized spacial score (nSPS) is 25.5. The molecule has 0 amide bonds. The molecule has 1 unspecified atom stereocenters. The molecule has 1 N–H and O–H groups in total. The molecule has 1 aromatic carbocycles. The Kier molecular flexibility index (Phi) is 3.34. The molecular formula is C16H24O3S. The molecule has 1 aliphatic rings. The van der Waals surface area contributed by atoms with Crippen LogP contribution in [0.15, 0.2) is 29.2 Å². The third-order valence-corrected chi connectivity index (χ3v) is 5.32. The second kappa shape index (κ2) is 4.31. The van der Waals surface area contributed by atoms with Crippen molar-refractivity contribution in [2.75, 3.05) is 0 Å². The van der Waals surface area contributed by atoms with Crippen LogP contribution >= 0.6 is 0 Å². The van der Waals surface area contributed by atoms with Crippen LogP contribution in [0.2, 0.25) is 0 Å². The van der Waals surface area contributed by atoms with Crippen LogP contribution in [0.4, 0.5) is 0 Å². The van der Waals surface area contributed by atoms with Crippen molar-refractivity contribution in [1.82, 2.24) is 0 Å². The minimum atomic E-state index is -4.11. The highest BCUT2D eigenvalue weighted by Crippen LogP contribution is 2.68. The van der Waals surface area contributed by atoms with Crippen LogP contribution < -0.4 is 0 Å². The van der Waals surface area contributed by atoms with E-state index in [0.717, 1.165) is 12.8 Å². The number of hydrogen-bond donors (Lipinski definition) is 1. The van der Waals surface area contributed by atoms with Gasteiger partial charge in [-0.25, -0.2) is 0 Å². The lowest BCUT2D eigenvalue weighted by Gasteiger charge is -2.29. The Balaban J connectivity index is 2.39. The lowest BCUT2D eigenvalue weighted by Crippen LogP contribution is -2.22. The third kappa shape index (κ3) is 2.77. The van der Waals surface area contributed by atoms with Gasteiger partial charge in [0.1, 0.15) is 0 Å². The van der Waals surface area contributed by atoms with E-state index in [1.54, 1.807) is 0 Å². The molecule has 0 bridgehead atoms. The predicted molar refractivity (Wildman–Crippen MR) is 80.4 cm³/mol. The van der Waals surface area contributed by atoms with E-state index in [9.17, 15) is 8.42 Å². The van der Waals surface area contributed by atoms with E-state index in [0.29, 0.717) is 0 Å². The highest BCUT2D eigenvalue weighted by Gasteiger charge is 2.62. The highest BCUT2D eigenvalue weighted by molar-refractivity contribution is 7.85. The van der Waals surface area contributed by atoms with Crippen molar-refractivity contribution in [2.24, 2.45) is 10.8 Å². The molecule has 0 aromatic heterocycles. The Labute approximate surface area is 122 Å². The van der Waals surface area contributed by atoms with E-state index >= 15 is 0 Å². The van der Waals surface area contributed by atoms with Crippen LogP contribution in [0.5, 0.6) is 0 Å². The molecule has 0 spiro atoms. The van der Waals surface area contributed by atoms with Crippen molar-refractivity contribution in [3.8, 4) is 0 Å². The SMILES string of the molecule is CC(C)(C)CC1(c2ccc(S(=O)(=O)O)cc2)CC1(C)C. The maximum absolute atomic E-state index is 11.1. The fraction of sp³-hybridized carbons (Fsp3) is 0.625. The topological polar surface area (TPSA) is 54.4 Å². The summed E-state index contributed by atoms with van der Waals surface area (Å²) < 4.78 is 31.3. The summed E-state index contributed by atoms with van der Waals surface area (Å²) in [6.45, 7) is 11.2. The van der Waals surface area contributed by atoms with Gasteiger partial charge in [-0.05, 0) is 41.4 Å². The molecule has 1 saturated carbocycles. The second-order valence-electron chi connectivity index (χ2n) is 7.88. The summed E-state index contributed by atoms with van der Waals surface area (Å²) in [4.78, 5) is -0.0365. The van der Waals surface area contributed by atoms with Gasteiger partial charge in [0.15, 0.2) is 0 Å². The van der Waals surface area contributed by atoms with Crippen molar-refractivity contribution in [2.45, 2.75) is 57.8 Å². The molecule has 2 rings (SSSR count). The number of hydrogen-bond acceptors (Lipinski definition) is 2. The largest absolute Gasteiger partial charge is 0.294 e. The van der Waals surface area contributed by atoms with Gasteiger partial charge in [0.2, 0.25) is 0 Å².